The van der Waals surface area contributed by atoms with Gasteiger partial charge in [0, 0.05) is 6.42 Å². The van der Waals surface area contributed by atoms with Crippen molar-refractivity contribution in [2.45, 2.75) is 56.3 Å². The lowest BCUT2D eigenvalue weighted by Crippen LogP contribution is -2.61. The summed E-state index contributed by atoms with van der Waals surface area (Å²) in [6, 6.07) is 0. The van der Waals surface area contributed by atoms with Crippen LogP contribution in [0.4, 0.5) is 0 Å². The highest BCUT2D eigenvalue weighted by Gasteiger charge is 2.68. The highest BCUT2D eigenvalue weighted by Crippen LogP contribution is 2.59. The van der Waals surface area contributed by atoms with Gasteiger partial charge >= 0.3 is 0 Å². The number of rotatable bonds is 0. The lowest BCUT2D eigenvalue weighted by molar-refractivity contribution is -0.162. The molecule has 2 N–H and O–H groups in total. The van der Waals surface area contributed by atoms with E-state index in [2.05, 4.69) is 6.58 Å². The third-order valence-corrected chi connectivity index (χ3v) is 6.54. The summed E-state index contributed by atoms with van der Waals surface area (Å²) in [5.41, 5.74) is -2.82. The van der Waals surface area contributed by atoms with Gasteiger partial charge in [0.2, 0.25) is 0 Å². The second-order valence-electron chi connectivity index (χ2n) is 7.96. The van der Waals surface area contributed by atoms with Crippen LogP contribution >= 0.6 is 0 Å². The van der Waals surface area contributed by atoms with E-state index in [1.165, 1.54) is 0 Å². The summed E-state index contributed by atoms with van der Waals surface area (Å²) in [7, 11) is 0. The number of carbonyl (C=O) groups excluding carboxylic acids is 2. The van der Waals surface area contributed by atoms with Crippen LogP contribution in [0.3, 0.4) is 0 Å². The Kier molecular flexibility index (Phi) is 2.69. The van der Waals surface area contributed by atoms with E-state index in [-0.39, 0.29) is 30.6 Å². The summed E-state index contributed by atoms with van der Waals surface area (Å²) >= 11 is 0. The molecule has 6 atom stereocenters. The molecule has 0 amide bonds. The van der Waals surface area contributed by atoms with E-state index in [1.807, 2.05) is 0 Å². The molecule has 0 radical (unpaired) electrons. The minimum atomic E-state index is -1.55. The first-order chi connectivity index (χ1) is 10.2. The van der Waals surface area contributed by atoms with Crippen molar-refractivity contribution in [1.29, 1.82) is 0 Å². The molecule has 1 heterocycles. The summed E-state index contributed by atoms with van der Waals surface area (Å²) in [6.07, 6.45) is 1.48. The monoisotopic (exact) mass is 306 g/mol. The van der Waals surface area contributed by atoms with E-state index >= 15 is 0 Å². The Morgan fingerprint density at radius 1 is 1.27 bits per heavy atom. The van der Waals surface area contributed by atoms with Crippen LogP contribution < -0.4 is 0 Å². The van der Waals surface area contributed by atoms with Crippen molar-refractivity contribution in [2.75, 3.05) is 6.61 Å². The lowest BCUT2D eigenvalue weighted by atomic mass is 9.54. The van der Waals surface area contributed by atoms with Crippen LogP contribution in [0.25, 0.3) is 0 Å². The Balaban J connectivity index is 1.79. The first kappa shape index (κ1) is 14.5. The molecule has 120 valence electrons. The normalized spacial score (nSPS) is 54.1. The van der Waals surface area contributed by atoms with Crippen LogP contribution in [0.2, 0.25) is 0 Å². The van der Waals surface area contributed by atoms with Crippen molar-refractivity contribution in [2.24, 2.45) is 17.3 Å². The Labute approximate surface area is 129 Å². The molecule has 22 heavy (non-hydrogen) atoms. The zero-order chi connectivity index (χ0) is 15.9. The Hall–Kier alpha value is -1.04. The molecular weight excluding hydrogens is 284 g/mol. The van der Waals surface area contributed by atoms with Crippen molar-refractivity contribution >= 4 is 11.6 Å². The quantitative estimate of drug-likeness (QED) is 0.510. The molecular formula is C17H22O5. The van der Waals surface area contributed by atoms with Crippen LogP contribution in [0.1, 0.15) is 39.0 Å². The maximum absolute atomic E-state index is 13.0. The number of Topliss-reactive ketones (excluding diaryl/α,β-unsaturated/α-hetero) is 2. The topological polar surface area (TPSA) is 83.8 Å². The molecule has 4 aliphatic rings. The molecule has 5 heteroatoms. The van der Waals surface area contributed by atoms with E-state index in [1.54, 1.807) is 6.92 Å². The van der Waals surface area contributed by atoms with Crippen LogP contribution in [-0.4, -0.2) is 45.7 Å². The summed E-state index contributed by atoms with van der Waals surface area (Å²) in [5, 5.41) is 21.2. The Bertz CT molecular complexity index is 594. The van der Waals surface area contributed by atoms with Crippen molar-refractivity contribution in [3.8, 4) is 0 Å². The zero-order valence-corrected chi connectivity index (χ0v) is 12.8. The Morgan fingerprint density at radius 2 is 2.00 bits per heavy atom. The van der Waals surface area contributed by atoms with E-state index in [0.717, 1.165) is 12.0 Å². The molecule has 2 bridgehead atoms. The van der Waals surface area contributed by atoms with Crippen molar-refractivity contribution in [3.05, 3.63) is 12.2 Å². The number of ether oxygens (including phenoxy) is 1. The van der Waals surface area contributed by atoms with Crippen molar-refractivity contribution in [3.63, 3.8) is 0 Å². The molecule has 3 aliphatic carbocycles. The predicted molar refractivity (Wildman–Crippen MR) is 77.0 cm³/mol. The maximum atomic E-state index is 13.0. The van der Waals surface area contributed by atoms with E-state index in [9.17, 15) is 19.8 Å². The van der Waals surface area contributed by atoms with Crippen molar-refractivity contribution in [1.82, 2.24) is 0 Å². The van der Waals surface area contributed by atoms with Gasteiger partial charge in [-0.3, -0.25) is 9.59 Å². The predicted octanol–water partition coefficient (Wildman–Crippen LogP) is 0.772. The fraction of sp³-hybridized carbons (Fsp3) is 0.765. The average Bonchev–Trinajstić information content (AvgIpc) is 2.97. The van der Waals surface area contributed by atoms with E-state index in [4.69, 9.17) is 4.74 Å². The van der Waals surface area contributed by atoms with E-state index < -0.39 is 28.5 Å². The molecule has 5 nitrogen and oxygen atoms in total. The first-order valence-corrected chi connectivity index (χ1v) is 8.03. The number of fused-ring (bicyclic) bond motifs is 3. The van der Waals surface area contributed by atoms with Gasteiger partial charge < -0.3 is 14.9 Å². The van der Waals surface area contributed by atoms with Gasteiger partial charge in [0.15, 0.2) is 11.6 Å². The minimum absolute atomic E-state index is 0.0728. The number of allylic oxidation sites excluding steroid dienone is 1. The van der Waals surface area contributed by atoms with Crippen LogP contribution in [0.15, 0.2) is 12.2 Å². The van der Waals surface area contributed by atoms with Gasteiger partial charge in [-0.15, -0.1) is 0 Å². The molecule has 1 aliphatic heterocycles. The third-order valence-electron chi connectivity index (χ3n) is 6.54. The highest BCUT2D eigenvalue weighted by atomic mass is 16.5. The third kappa shape index (κ3) is 1.59. The molecule has 4 rings (SSSR count). The van der Waals surface area contributed by atoms with Gasteiger partial charge in [0.25, 0.3) is 0 Å². The van der Waals surface area contributed by atoms with Gasteiger partial charge in [-0.2, -0.15) is 0 Å². The standard InChI is InChI=1S/C17H22O5/c1-9-5-16(6-11-10(9)3-4-15(11,2)20)13(18)12-7-17(21,8-22-12)14(16)19/h10-12,20-21H,1,3-8H2,2H3/t10-,11-,12+,15+,16+,17-/m0/s1. The van der Waals surface area contributed by atoms with E-state index in [0.29, 0.717) is 19.3 Å². The summed E-state index contributed by atoms with van der Waals surface area (Å²) < 4.78 is 5.38. The average molecular weight is 306 g/mol. The summed E-state index contributed by atoms with van der Waals surface area (Å²) in [4.78, 5) is 25.8. The molecule has 0 aromatic carbocycles. The summed E-state index contributed by atoms with van der Waals surface area (Å²) in [5.74, 6) is -0.623. The minimum Gasteiger partial charge on any atom is -0.390 e. The van der Waals surface area contributed by atoms with Crippen LogP contribution in [0, 0.1) is 17.3 Å². The van der Waals surface area contributed by atoms with Gasteiger partial charge in [0.1, 0.15) is 11.7 Å². The molecule has 1 saturated heterocycles. The molecule has 0 aromatic rings. The number of aliphatic hydroxyl groups is 2. The zero-order valence-electron chi connectivity index (χ0n) is 12.8. The van der Waals surface area contributed by atoms with Gasteiger partial charge in [-0.1, -0.05) is 12.2 Å². The molecule has 4 fully saturated rings. The SMILES string of the molecule is C=C1C[C@@]2(C[C@H]3[C@H]1CC[C@@]3(C)O)C(=O)[C@H]1C[C@](O)(CO1)C2=O. The number of ketones is 2. The second-order valence-corrected chi connectivity index (χ2v) is 7.96. The number of hydrogen-bond donors (Lipinski definition) is 2. The second kappa shape index (κ2) is 4.08. The van der Waals surface area contributed by atoms with Crippen LogP contribution in [-0.2, 0) is 14.3 Å². The van der Waals surface area contributed by atoms with Gasteiger partial charge in [-0.05, 0) is 44.4 Å². The lowest BCUT2D eigenvalue weighted by Gasteiger charge is -2.48. The van der Waals surface area contributed by atoms with Crippen LogP contribution in [0.5, 0.6) is 0 Å². The fourth-order valence-corrected chi connectivity index (χ4v) is 5.30. The van der Waals surface area contributed by atoms with Gasteiger partial charge in [0.05, 0.1) is 17.6 Å². The molecule has 0 aromatic heterocycles. The molecule has 1 spiro atoms. The fourth-order valence-electron chi connectivity index (χ4n) is 5.30. The number of carbonyl (C=O) groups is 2. The number of hydrogen-bond acceptors (Lipinski definition) is 5. The largest absolute Gasteiger partial charge is 0.390 e. The maximum Gasteiger partial charge on any atom is 0.180 e. The molecule has 0 unspecified atom stereocenters. The molecule has 3 saturated carbocycles. The van der Waals surface area contributed by atoms with Gasteiger partial charge in [-0.25, -0.2) is 0 Å². The van der Waals surface area contributed by atoms with Crippen molar-refractivity contribution < 1.29 is 24.5 Å². The first-order valence-electron chi connectivity index (χ1n) is 8.03. The highest BCUT2D eigenvalue weighted by molar-refractivity contribution is 6.15. The smallest absolute Gasteiger partial charge is 0.180 e. The Morgan fingerprint density at radius 3 is 2.73 bits per heavy atom. The summed E-state index contributed by atoms with van der Waals surface area (Å²) in [6.45, 7) is 5.78.